The van der Waals surface area contributed by atoms with Crippen molar-refractivity contribution in [2.45, 2.75) is 31.4 Å². The van der Waals surface area contributed by atoms with Gasteiger partial charge in [0.05, 0.1) is 5.38 Å². The summed E-state index contributed by atoms with van der Waals surface area (Å²) in [5.74, 6) is -0.0115. The molecule has 12 heavy (non-hydrogen) atoms. The van der Waals surface area contributed by atoms with E-state index in [1.165, 1.54) is 6.92 Å². The average Bonchev–Trinajstić information content (AvgIpc) is 2.05. The molecule has 0 aliphatic rings. The Morgan fingerprint density at radius 3 is 2.17 bits per heavy atom. The minimum Gasteiger partial charge on any atom is -0.356 e. The number of carbonyl (C=O) groups is 1. The van der Waals surface area contributed by atoms with Crippen LogP contribution in [0, 0.1) is 0 Å². The molecule has 0 aromatic heterocycles. The van der Waals surface area contributed by atoms with Crippen LogP contribution in [0.15, 0.2) is 0 Å². The van der Waals surface area contributed by atoms with Gasteiger partial charge in [-0.1, -0.05) is 0 Å². The van der Waals surface area contributed by atoms with Gasteiger partial charge in [0.1, 0.15) is 5.78 Å². The molecule has 0 spiro atoms. The summed E-state index contributed by atoms with van der Waals surface area (Å²) < 4.78 is 9.87. The van der Waals surface area contributed by atoms with Gasteiger partial charge in [0.25, 0.3) is 0 Å². The highest BCUT2D eigenvalue weighted by atomic mass is 35.5. The normalized spacial score (nSPS) is 13.4. The van der Waals surface area contributed by atoms with E-state index < -0.39 is 5.38 Å². The Hall–Kier alpha value is -0.120. The molecule has 0 rings (SSSR count). The highest BCUT2D eigenvalue weighted by Crippen LogP contribution is 2.10. The van der Waals surface area contributed by atoms with E-state index >= 15 is 0 Å². The van der Waals surface area contributed by atoms with Crippen molar-refractivity contribution in [3.05, 3.63) is 0 Å². The summed E-state index contributed by atoms with van der Waals surface area (Å²) in [7, 11) is 3.12. The maximum absolute atomic E-state index is 10.7. The summed E-state index contributed by atoms with van der Waals surface area (Å²) in [6.07, 6.45) is 0.967. The maximum atomic E-state index is 10.7. The molecule has 4 heteroatoms. The van der Waals surface area contributed by atoms with E-state index in [0.717, 1.165) is 0 Å². The van der Waals surface area contributed by atoms with Gasteiger partial charge >= 0.3 is 0 Å². The number of rotatable bonds is 6. The quantitative estimate of drug-likeness (QED) is 0.476. The van der Waals surface area contributed by atoms with Crippen LogP contribution in [-0.4, -0.2) is 31.7 Å². The minimum absolute atomic E-state index is 0.0115. The number of Topliss-reactive ketones (excluding diaryl/α,β-unsaturated/α-hetero) is 1. The molecule has 0 amide bonds. The molecule has 1 unspecified atom stereocenters. The SMILES string of the molecule is COC(CCC(Cl)C(C)=O)OC. The van der Waals surface area contributed by atoms with Crippen molar-refractivity contribution in [1.29, 1.82) is 0 Å². The zero-order chi connectivity index (χ0) is 9.56. The summed E-state index contributed by atoms with van der Waals surface area (Å²) in [4.78, 5) is 10.7. The van der Waals surface area contributed by atoms with Crippen LogP contribution >= 0.6 is 11.6 Å². The molecule has 0 aliphatic carbocycles. The number of ether oxygens (including phenoxy) is 2. The highest BCUT2D eigenvalue weighted by molar-refractivity contribution is 6.30. The van der Waals surface area contributed by atoms with Crippen LogP contribution < -0.4 is 0 Å². The van der Waals surface area contributed by atoms with Crippen LogP contribution in [-0.2, 0) is 14.3 Å². The van der Waals surface area contributed by atoms with Gasteiger partial charge in [0.2, 0.25) is 0 Å². The Bertz CT molecular complexity index is 134. The van der Waals surface area contributed by atoms with Gasteiger partial charge in [-0.15, -0.1) is 11.6 Å². The maximum Gasteiger partial charge on any atom is 0.156 e. The molecule has 0 fully saturated rings. The van der Waals surface area contributed by atoms with Gasteiger partial charge in [0.15, 0.2) is 6.29 Å². The van der Waals surface area contributed by atoms with E-state index in [-0.39, 0.29) is 12.1 Å². The molecule has 0 radical (unpaired) electrons. The molecule has 1 atom stereocenters. The lowest BCUT2D eigenvalue weighted by Gasteiger charge is -2.13. The lowest BCUT2D eigenvalue weighted by Crippen LogP contribution is -2.17. The van der Waals surface area contributed by atoms with Gasteiger partial charge in [0, 0.05) is 20.6 Å². The lowest BCUT2D eigenvalue weighted by atomic mass is 10.2. The Kier molecular flexibility index (Phi) is 6.34. The molecule has 0 aromatic rings. The molecule has 0 saturated heterocycles. The van der Waals surface area contributed by atoms with Crippen LogP contribution in [0.3, 0.4) is 0 Å². The number of hydrogen-bond donors (Lipinski definition) is 0. The van der Waals surface area contributed by atoms with Gasteiger partial charge in [-0.05, 0) is 13.3 Å². The van der Waals surface area contributed by atoms with E-state index in [1.807, 2.05) is 0 Å². The minimum atomic E-state index is -0.419. The van der Waals surface area contributed by atoms with Crippen molar-refractivity contribution in [3.8, 4) is 0 Å². The molecule has 0 N–H and O–H groups in total. The number of alkyl halides is 1. The van der Waals surface area contributed by atoms with Crippen molar-refractivity contribution in [2.24, 2.45) is 0 Å². The smallest absolute Gasteiger partial charge is 0.156 e. The second kappa shape index (κ2) is 6.40. The zero-order valence-electron chi connectivity index (χ0n) is 7.67. The van der Waals surface area contributed by atoms with Crippen LogP contribution in [0.5, 0.6) is 0 Å². The molecule has 0 saturated carbocycles. The molecule has 0 bridgehead atoms. The van der Waals surface area contributed by atoms with Gasteiger partial charge in [-0.25, -0.2) is 0 Å². The van der Waals surface area contributed by atoms with E-state index in [9.17, 15) is 4.79 Å². The molecular formula is C8H15ClO3. The lowest BCUT2D eigenvalue weighted by molar-refractivity contribution is -0.119. The van der Waals surface area contributed by atoms with Crippen LogP contribution in [0.25, 0.3) is 0 Å². The summed E-state index contributed by atoms with van der Waals surface area (Å²) in [6, 6.07) is 0. The second-order valence-electron chi connectivity index (χ2n) is 2.56. The number of methoxy groups -OCH3 is 2. The van der Waals surface area contributed by atoms with Crippen molar-refractivity contribution in [1.82, 2.24) is 0 Å². The standard InChI is InChI=1S/C8H15ClO3/c1-6(10)7(9)4-5-8(11-2)12-3/h7-8H,4-5H2,1-3H3. The largest absolute Gasteiger partial charge is 0.356 e. The molecule has 0 aliphatic heterocycles. The Balaban J connectivity index is 3.58. The third-order valence-corrected chi connectivity index (χ3v) is 2.15. The number of carbonyl (C=O) groups excluding carboxylic acids is 1. The van der Waals surface area contributed by atoms with Crippen LogP contribution in [0.1, 0.15) is 19.8 Å². The predicted octanol–water partition coefficient (Wildman–Crippen LogP) is 1.58. The number of ketones is 1. The number of halogens is 1. The fraction of sp³-hybridized carbons (Fsp3) is 0.875. The fourth-order valence-corrected chi connectivity index (χ4v) is 0.944. The molecule has 0 heterocycles. The Morgan fingerprint density at radius 2 is 1.83 bits per heavy atom. The molecular weight excluding hydrogens is 180 g/mol. The monoisotopic (exact) mass is 194 g/mol. The zero-order valence-corrected chi connectivity index (χ0v) is 8.43. The third kappa shape index (κ3) is 4.70. The summed E-state index contributed by atoms with van der Waals surface area (Å²) in [5, 5.41) is -0.419. The van der Waals surface area contributed by atoms with Gasteiger partial charge in [-0.2, -0.15) is 0 Å². The van der Waals surface area contributed by atoms with E-state index in [4.69, 9.17) is 21.1 Å². The van der Waals surface area contributed by atoms with Gasteiger partial charge < -0.3 is 9.47 Å². The van der Waals surface area contributed by atoms with Gasteiger partial charge in [-0.3, -0.25) is 4.79 Å². The van der Waals surface area contributed by atoms with Crippen molar-refractivity contribution < 1.29 is 14.3 Å². The fourth-order valence-electron chi connectivity index (χ4n) is 0.818. The van der Waals surface area contributed by atoms with Crippen LogP contribution in [0.2, 0.25) is 0 Å². The summed E-state index contributed by atoms with van der Waals surface area (Å²) in [5.41, 5.74) is 0. The second-order valence-corrected chi connectivity index (χ2v) is 3.08. The van der Waals surface area contributed by atoms with E-state index in [1.54, 1.807) is 14.2 Å². The highest BCUT2D eigenvalue weighted by Gasteiger charge is 2.13. The summed E-state index contributed by atoms with van der Waals surface area (Å²) >= 11 is 5.71. The number of hydrogen-bond acceptors (Lipinski definition) is 3. The Morgan fingerprint density at radius 1 is 1.33 bits per heavy atom. The van der Waals surface area contributed by atoms with Crippen molar-refractivity contribution >= 4 is 17.4 Å². The van der Waals surface area contributed by atoms with Crippen molar-refractivity contribution in [3.63, 3.8) is 0 Å². The topological polar surface area (TPSA) is 35.5 Å². The van der Waals surface area contributed by atoms with E-state index in [0.29, 0.717) is 12.8 Å². The first-order valence-electron chi connectivity index (χ1n) is 3.82. The third-order valence-electron chi connectivity index (χ3n) is 1.62. The molecule has 0 aromatic carbocycles. The average molecular weight is 195 g/mol. The van der Waals surface area contributed by atoms with Crippen molar-refractivity contribution in [2.75, 3.05) is 14.2 Å². The molecule has 3 nitrogen and oxygen atoms in total. The van der Waals surface area contributed by atoms with E-state index in [2.05, 4.69) is 0 Å². The predicted molar refractivity (Wildman–Crippen MR) is 47.4 cm³/mol. The molecule has 72 valence electrons. The first-order valence-corrected chi connectivity index (χ1v) is 4.25. The van der Waals surface area contributed by atoms with Crippen LogP contribution in [0.4, 0.5) is 0 Å². The first kappa shape index (κ1) is 11.9. The Labute approximate surface area is 78.0 Å². The summed E-state index contributed by atoms with van der Waals surface area (Å²) in [6.45, 7) is 1.48. The first-order chi connectivity index (χ1) is 5.61.